The van der Waals surface area contributed by atoms with Crippen LogP contribution in [0.15, 0.2) is 0 Å². The summed E-state index contributed by atoms with van der Waals surface area (Å²) in [5.41, 5.74) is -0.478. The van der Waals surface area contributed by atoms with Gasteiger partial charge in [-0.25, -0.2) is 0 Å². The molecule has 2 N–H and O–H groups in total. The standard InChI is InChI=1S/C11H22N2O3/c1-8(2)12-6-9(14)13(7-10(15)16)11(3,4)5/h8,12H,6-7H2,1-5H3,(H,15,16). The highest BCUT2D eigenvalue weighted by molar-refractivity contribution is 5.83. The van der Waals surface area contributed by atoms with Crippen LogP contribution < -0.4 is 5.32 Å². The molecule has 0 spiro atoms. The quantitative estimate of drug-likeness (QED) is 0.729. The highest BCUT2D eigenvalue weighted by Crippen LogP contribution is 2.12. The van der Waals surface area contributed by atoms with Crippen molar-refractivity contribution >= 4 is 11.9 Å². The van der Waals surface area contributed by atoms with Crippen molar-refractivity contribution in [3.63, 3.8) is 0 Å². The first-order valence-corrected chi connectivity index (χ1v) is 5.40. The molecule has 0 saturated heterocycles. The molecule has 0 aromatic carbocycles. The van der Waals surface area contributed by atoms with E-state index in [2.05, 4.69) is 5.32 Å². The topological polar surface area (TPSA) is 69.6 Å². The molecule has 0 atom stereocenters. The maximum Gasteiger partial charge on any atom is 0.323 e. The first kappa shape index (κ1) is 14.9. The van der Waals surface area contributed by atoms with Crippen LogP contribution in [0.4, 0.5) is 0 Å². The van der Waals surface area contributed by atoms with Crippen LogP contribution in [0.3, 0.4) is 0 Å². The molecule has 0 bridgehead atoms. The van der Waals surface area contributed by atoms with Crippen LogP contribution >= 0.6 is 0 Å². The van der Waals surface area contributed by atoms with Crippen LogP contribution in [0.25, 0.3) is 0 Å². The average molecular weight is 230 g/mol. The summed E-state index contributed by atoms with van der Waals surface area (Å²) in [5.74, 6) is -1.18. The largest absolute Gasteiger partial charge is 0.480 e. The first-order valence-electron chi connectivity index (χ1n) is 5.40. The number of carboxylic acid groups (broad SMARTS) is 1. The van der Waals surface area contributed by atoms with Crippen molar-refractivity contribution in [1.82, 2.24) is 10.2 Å². The number of nitrogens with zero attached hydrogens (tertiary/aromatic N) is 1. The molecule has 0 rings (SSSR count). The molecule has 0 aliphatic rings. The number of carbonyl (C=O) groups is 2. The fraction of sp³-hybridized carbons (Fsp3) is 0.818. The van der Waals surface area contributed by atoms with Crippen molar-refractivity contribution in [3.05, 3.63) is 0 Å². The third-order valence-corrected chi connectivity index (χ3v) is 2.07. The Morgan fingerprint density at radius 1 is 1.31 bits per heavy atom. The van der Waals surface area contributed by atoms with Crippen LogP contribution in [0.5, 0.6) is 0 Å². The van der Waals surface area contributed by atoms with E-state index in [1.54, 1.807) is 0 Å². The molecule has 0 fully saturated rings. The van der Waals surface area contributed by atoms with Crippen LogP contribution in [0, 0.1) is 0 Å². The summed E-state index contributed by atoms with van der Waals surface area (Å²) >= 11 is 0. The molecule has 0 radical (unpaired) electrons. The summed E-state index contributed by atoms with van der Waals surface area (Å²) in [6, 6.07) is 0.204. The maximum atomic E-state index is 11.8. The second kappa shape index (κ2) is 5.84. The first-order chi connectivity index (χ1) is 7.14. The van der Waals surface area contributed by atoms with Gasteiger partial charge in [0, 0.05) is 11.6 Å². The lowest BCUT2D eigenvalue weighted by molar-refractivity contribution is -0.147. The van der Waals surface area contributed by atoms with Gasteiger partial charge in [0.05, 0.1) is 6.54 Å². The van der Waals surface area contributed by atoms with E-state index >= 15 is 0 Å². The van der Waals surface area contributed by atoms with Gasteiger partial charge < -0.3 is 15.3 Å². The fourth-order valence-corrected chi connectivity index (χ4v) is 1.22. The highest BCUT2D eigenvalue weighted by atomic mass is 16.4. The molecule has 5 nitrogen and oxygen atoms in total. The van der Waals surface area contributed by atoms with Crippen molar-refractivity contribution < 1.29 is 14.7 Å². The van der Waals surface area contributed by atoms with Gasteiger partial charge in [0.25, 0.3) is 0 Å². The molecule has 0 saturated carbocycles. The summed E-state index contributed by atoms with van der Waals surface area (Å²) in [4.78, 5) is 23.9. The van der Waals surface area contributed by atoms with Crippen LogP contribution in [0.2, 0.25) is 0 Å². The Morgan fingerprint density at radius 2 is 1.81 bits per heavy atom. The Morgan fingerprint density at radius 3 is 2.12 bits per heavy atom. The maximum absolute atomic E-state index is 11.8. The molecule has 0 unspecified atom stereocenters. The van der Waals surface area contributed by atoms with Gasteiger partial charge in [-0.05, 0) is 20.8 Å². The van der Waals surface area contributed by atoms with Crippen molar-refractivity contribution in [2.75, 3.05) is 13.1 Å². The summed E-state index contributed by atoms with van der Waals surface area (Å²) < 4.78 is 0. The number of hydrogen-bond donors (Lipinski definition) is 2. The van der Waals surface area contributed by atoms with E-state index in [9.17, 15) is 9.59 Å². The zero-order valence-corrected chi connectivity index (χ0v) is 10.7. The number of aliphatic carboxylic acids is 1. The summed E-state index contributed by atoms with van der Waals surface area (Å²) in [6.07, 6.45) is 0. The van der Waals surface area contributed by atoms with Gasteiger partial charge in [0.2, 0.25) is 5.91 Å². The molecule has 16 heavy (non-hydrogen) atoms. The number of carboxylic acids is 1. The second-order valence-electron chi connectivity index (χ2n) is 5.08. The molecular weight excluding hydrogens is 208 g/mol. The number of carbonyl (C=O) groups excluding carboxylic acids is 1. The Labute approximate surface area is 96.8 Å². The van der Waals surface area contributed by atoms with Gasteiger partial charge in [-0.1, -0.05) is 13.8 Å². The number of rotatable bonds is 5. The van der Waals surface area contributed by atoms with Crippen LogP contribution in [0.1, 0.15) is 34.6 Å². The van der Waals surface area contributed by atoms with E-state index in [4.69, 9.17) is 5.11 Å². The predicted molar refractivity (Wildman–Crippen MR) is 62.2 cm³/mol. The van der Waals surface area contributed by atoms with E-state index in [0.29, 0.717) is 0 Å². The lowest BCUT2D eigenvalue weighted by Gasteiger charge is -2.34. The van der Waals surface area contributed by atoms with Crippen molar-refractivity contribution in [2.24, 2.45) is 0 Å². The van der Waals surface area contributed by atoms with Gasteiger partial charge >= 0.3 is 5.97 Å². The third kappa shape index (κ3) is 5.70. The van der Waals surface area contributed by atoms with E-state index in [1.807, 2.05) is 34.6 Å². The SMILES string of the molecule is CC(C)NCC(=O)N(CC(=O)O)C(C)(C)C. The van der Waals surface area contributed by atoms with Gasteiger partial charge in [-0.15, -0.1) is 0 Å². The van der Waals surface area contributed by atoms with E-state index in [0.717, 1.165) is 0 Å². The van der Waals surface area contributed by atoms with E-state index in [1.165, 1.54) is 4.90 Å². The Kier molecular flexibility index (Phi) is 5.44. The fourth-order valence-electron chi connectivity index (χ4n) is 1.22. The van der Waals surface area contributed by atoms with Crippen molar-refractivity contribution in [2.45, 2.75) is 46.2 Å². The normalized spacial score (nSPS) is 11.6. The number of hydrogen-bond acceptors (Lipinski definition) is 3. The molecule has 1 amide bonds. The van der Waals surface area contributed by atoms with Crippen molar-refractivity contribution in [3.8, 4) is 0 Å². The van der Waals surface area contributed by atoms with E-state index < -0.39 is 11.5 Å². The van der Waals surface area contributed by atoms with Crippen molar-refractivity contribution in [1.29, 1.82) is 0 Å². The highest BCUT2D eigenvalue weighted by Gasteiger charge is 2.27. The average Bonchev–Trinajstić information content (AvgIpc) is 2.08. The summed E-state index contributed by atoms with van der Waals surface area (Å²) in [6.45, 7) is 9.25. The molecule has 0 aliphatic heterocycles. The lowest BCUT2D eigenvalue weighted by atomic mass is 10.1. The predicted octanol–water partition coefficient (Wildman–Crippen LogP) is 0.696. The van der Waals surface area contributed by atoms with E-state index in [-0.39, 0.29) is 25.0 Å². The summed E-state index contributed by atoms with van der Waals surface area (Å²) in [7, 11) is 0. The van der Waals surface area contributed by atoms with Gasteiger partial charge in [-0.2, -0.15) is 0 Å². The molecular formula is C11H22N2O3. The zero-order chi connectivity index (χ0) is 12.9. The minimum atomic E-state index is -0.993. The number of nitrogens with one attached hydrogen (secondary N) is 1. The Bertz CT molecular complexity index is 256. The zero-order valence-electron chi connectivity index (χ0n) is 10.7. The van der Waals surface area contributed by atoms with Gasteiger partial charge in [-0.3, -0.25) is 9.59 Å². The summed E-state index contributed by atoms with van der Waals surface area (Å²) in [5, 5.41) is 11.7. The third-order valence-electron chi connectivity index (χ3n) is 2.07. The van der Waals surface area contributed by atoms with Crippen LogP contribution in [-0.4, -0.2) is 46.6 Å². The van der Waals surface area contributed by atoms with Gasteiger partial charge in [0.15, 0.2) is 0 Å². The molecule has 0 aromatic heterocycles. The molecule has 94 valence electrons. The Balaban J connectivity index is 4.51. The van der Waals surface area contributed by atoms with Gasteiger partial charge in [0.1, 0.15) is 6.54 Å². The number of amides is 1. The molecule has 0 heterocycles. The minimum absolute atomic E-state index is 0.169. The lowest BCUT2D eigenvalue weighted by Crippen LogP contribution is -2.51. The smallest absolute Gasteiger partial charge is 0.323 e. The molecule has 0 aliphatic carbocycles. The minimum Gasteiger partial charge on any atom is -0.480 e. The molecule has 5 heteroatoms. The molecule has 0 aromatic rings. The van der Waals surface area contributed by atoms with Crippen LogP contribution in [-0.2, 0) is 9.59 Å². The Hall–Kier alpha value is -1.10. The second-order valence-corrected chi connectivity index (χ2v) is 5.08. The monoisotopic (exact) mass is 230 g/mol.